The third kappa shape index (κ3) is 2.70. The normalized spacial score (nSPS) is 18.4. The molecule has 0 spiro atoms. The van der Waals surface area contributed by atoms with Crippen molar-refractivity contribution in [2.75, 3.05) is 0 Å². The van der Waals surface area contributed by atoms with Crippen LogP contribution in [0.15, 0.2) is 4.79 Å². The van der Waals surface area contributed by atoms with Crippen LogP contribution in [0, 0.1) is 0 Å². The van der Waals surface area contributed by atoms with Gasteiger partial charge in [0.2, 0.25) is 0 Å². The molecule has 0 saturated carbocycles. The highest BCUT2D eigenvalue weighted by atomic mass is 79.9. The number of hydrogen-bond acceptors (Lipinski definition) is 2. The fourth-order valence-electron chi connectivity index (χ4n) is 1.72. The number of H-pyrrole nitrogens is 1. The first kappa shape index (κ1) is 14.2. The van der Waals surface area contributed by atoms with Crippen molar-refractivity contribution in [1.29, 1.82) is 0 Å². The molecule has 1 aromatic rings. The summed E-state index contributed by atoms with van der Waals surface area (Å²) >= 11 is 3.21. The minimum Gasteiger partial charge on any atom is -0.267 e. The summed E-state index contributed by atoms with van der Waals surface area (Å²) in [6, 6.07) is 0. The minimum absolute atomic E-state index is 0.0214. The van der Waals surface area contributed by atoms with Gasteiger partial charge in [0.25, 0.3) is 5.56 Å². The fourth-order valence-corrected chi connectivity index (χ4v) is 2.33. The van der Waals surface area contributed by atoms with Gasteiger partial charge in [-0.3, -0.25) is 4.79 Å². The van der Waals surface area contributed by atoms with E-state index in [1.807, 2.05) is 18.9 Å². The molecule has 0 radical (unpaired) electrons. The zero-order chi connectivity index (χ0) is 13.2. The number of fused-ring (bicyclic) bond motifs is 1. The zero-order valence-electron chi connectivity index (χ0n) is 9.36. The second-order valence-electron chi connectivity index (χ2n) is 3.30. The molecule has 1 aliphatic rings. The Morgan fingerprint density at radius 2 is 2.00 bits per heavy atom. The maximum absolute atomic E-state index is 12.6. The van der Waals surface area contributed by atoms with Crippen LogP contribution >= 0.6 is 15.9 Å². The zero-order valence-corrected chi connectivity index (χ0v) is 10.9. The lowest BCUT2D eigenvalue weighted by molar-refractivity contribution is -0.139. The van der Waals surface area contributed by atoms with Crippen LogP contribution in [0.2, 0.25) is 0 Å². The van der Waals surface area contributed by atoms with Crippen molar-refractivity contribution in [3.8, 4) is 0 Å². The van der Waals surface area contributed by atoms with Crippen LogP contribution in [0.25, 0.3) is 0 Å². The van der Waals surface area contributed by atoms with E-state index < -0.39 is 17.3 Å². The maximum atomic E-state index is 12.6. The van der Waals surface area contributed by atoms with E-state index in [1.54, 1.807) is 0 Å². The molecule has 1 N–H and O–H groups in total. The van der Waals surface area contributed by atoms with Gasteiger partial charge in [-0.15, -0.1) is 0 Å². The number of aromatic nitrogens is 2. The van der Waals surface area contributed by atoms with Crippen molar-refractivity contribution in [1.82, 2.24) is 10.2 Å². The van der Waals surface area contributed by atoms with Crippen LogP contribution in [0.1, 0.15) is 41.9 Å². The number of halogens is 4. The number of rotatable bonds is 0. The Morgan fingerprint density at radius 1 is 1.41 bits per heavy atom. The van der Waals surface area contributed by atoms with Gasteiger partial charge in [-0.05, 0) is 18.4 Å². The average Bonchev–Trinajstić information content (AvgIpc) is 2.61. The molecule has 3 nitrogen and oxygen atoms in total. The van der Waals surface area contributed by atoms with Crippen molar-refractivity contribution in [3.05, 3.63) is 27.2 Å². The van der Waals surface area contributed by atoms with Gasteiger partial charge in [0, 0.05) is 0 Å². The number of nitrogens with zero attached hydrogens (tertiary/aromatic N) is 1. The van der Waals surface area contributed by atoms with Gasteiger partial charge in [-0.25, -0.2) is 5.10 Å². The molecule has 0 amide bonds. The Bertz CT molecular complexity index is 456. The van der Waals surface area contributed by atoms with Crippen molar-refractivity contribution in [2.45, 2.75) is 37.7 Å². The minimum atomic E-state index is -4.61. The van der Waals surface area contributed by atoms with E-state index in [0.717, 1.165) is 0 Å². The molecule has 1 aromatic heterocycles. The molecular formula is C10H12BrF3N2O. The summed E-state index contributed by atoms with van der Waals surface area (Å²) in [7, 11) is 0. The van der Waals surface area contributed by atoms with Crippen LogP contribution in [-0.4, -0.2) is 10.2 Å². The lowest BCUT2D eigenvalue weighted by Gasteiger charge is -2.09. The lowest BCUT2D eigenvalue weighted by Crippen LogP contribution is -2.25. The Morgan fingerprint density at radius 3 is 2.53 bits per heavy atom. The monoisotopic (exact) mass is 312 g/mol. The second kappa shape index (κ2) is 5.20. The molecular weight excluding hydrogens is 301 g/mol. The third-order valence-corrected chi connectivity index (χ3v) is 3.24. The molecule has 0 aliphatic heterocycles. The Balaban J connectivity index is 0.000000686. The highest BCUT2D eigenvalue weighted by Crippen LogP contribution is 2.40. The average molecular weight is 313 g/mol. The molecule has 2 rings (SSSR count). The van der Waals surface area contributed by atoms with Crippen molar-refractivity contribution >= 4 is 15.9 Å². The first-order valence-corrected chi connectivity index (χ1v) is 6.15. The molecule has 0 fully saturated rings. The van der Waals surface area contributed by atoms with Crippen LogP contribution in [-0.2, 0) is 12.6 Å². The summed E-state index contributed by atoms with van der Waals surface area (Å²) in [5.74, 6) is 0. The first-order chi connectivity index (χ1) is 7.91. The largest absolute Gasteiger partial charge is 0.422 e. The van der Waals surface area contributed by atoms with E-state index in [2.05, 4.69) is 21.0 Å². The van der Waals surface area contributed by atoms with E-state index >= 15 is 0 Å². The Hall–Kier alpha value is -0.850. The Kier molecular flexibility index (Phi) is 4.35. The highest BCUT2D eigenvalue weighted by Gasteiger charge is 2.40. The van der Waals surface area contributed by atoms with Gasteiger partial charge in [-0.2, -0.15) is 18.3 Å². The number of alkyl halides is 4. The van der Waals surface area contributed by atoms with E-state index in [9.17, 15) is 18.0 Å². The number of aromatic amines is 1. The SMILES string of the molecule is CC.O=c1[nH]nc2c(c1C(F)(F)F)CCC2Br. The third-order valence-electron chi connectivity index (χ3n) is 2.34. The topological polar surface area (TPSA) is 45.8 Å². The summed E-state index contributed by atoms with van der Waals surface area (Å²) in [6.45, 7) is 4.00. The van der Waals surface area contributed by atoms with Crippen LogP contribution < -0.4 is 5.56 Å². The summed E-state index contributed by atoms with van der Waals surface area (Å²) in [6.07, 6.45) is -3.85. The molecule has 1 unspecified atom stereocenters. The van der Waals surface area contributed by atoms with Gasteiger partial charge in [0.15, 0.2) is 0 Å². The molecule has 1 aliphatic carbocycles. The van der Waals surface area contributed by atoms with E-state index in [-0.39, 0.29) is 16.8 Å². The smallest absolute Gasteiger partial charge is 0.267 e. The van der Waals surface area contributed by atoms with E-state index in [4.69, 9.17) is 0 Å². The predicted molar refractivity (Wildman–Crippen MR) is 61.2 cm³/mol. The van der Waals surface area contributed by atoms with Gasteiger partial charge < -0.3 is 0 Å². The molecule has 17 heavy (non-hydrogen) atoms. The van der Waals surface area contributed by atoms with E-state index in [0.29, 0.717) is 12.1 Å². The maximum Gasteiger partial charge on any atom is 0.422 e. The van der Waals surface area contributed by atoms with Gasteiger partial charge in [-0.1, -0.05) is 29.8 Å². The molecule has 0 saturated heterocycles. The standard InChI is InChI=1S/C8H6BrF3N2O.C2H6/c9-4-2-1-3-5(8(10,11)12)7(15)14-13-6(3)4;1-2/h4H,1-2H2,(H,14,15);1-2H3. The Labute approximate surface area is 105 Å². The predicted octanol–water partition coefficient (Wildman–Crippen LogP) is 3.20. The first-order valence-electron chi connectivity index (χ1n) is 5.24. The summed E-state index contributed by atoms with van der Waals surface area (Å²) in [4.78, 5) is 10.9. The van der Waals surface area contributed by atoms with Gasteiger partial charge in [0.1, 0.15) is 5.56 Å². The number of hydrogen-bond donors (Lipinski definition) is 1. The van der Waals surface area contributed by atoms with Crippen LogP contribution in [0.4, 0.5) is 13.2 Å². The molecule has 0 bridgehead atoms. The molecule has 7 heteroatoms. The summed E-state index contributed by atoms with van der Waals surface area (Å²) < 4.78 is 37.7. The fraction of sp³-hybridized carbons (Fsp3) is 0.600. The lowest BCUT2D eigenvalue weighted by atomic mass is 10.1. The second-order valence-corrected chi connectivity index (χ2v) is 4.40. The molecule has 0 aromatic carbocycles. The van der Waals surface area contributed by atoms with Crippen molar-refractivity contribution in [2.24, 2.45) is 0 Å². The molecule has 96 valence electrons. The van der Waals surface area contributed by atoms with Gasteiger partial charge in [0.05, 0.1) is 10.5 Å². The molecule has 1 atom stereocenters. The quantitative estimate of drug-likeness (QED) is 0.748. The van der Waals surface area contributed by atoms with Crippen molar-refractivity contribution < 1.29 is 13.2 Å². The highest BCUT2D eigenvalue weighted by molar-refractivity contribution is 9.09. The van der Waals surface area contributed by atoms with Crippen molar-refractivity contribution in [3.63, 3.8) is 0 Å². The van der Waals surface area contributed by atoms with Gasteiger partial charge >= 0.3 is 6.18 Å². The summed E-state index contributed by atoms with van der Waals surface area (Å²) in [5, 5.41) is 5.51. The van der Waals surface area contributed by atoms with E-state index in [1.165, 1.54) is 0 Å². The van der Waals surface area contributed by atoms with Crippen LogP contribution in [0.3, 0.4) is 0 Å². The molecule has 1 heterocycles. The number of nitrogens with one attached hydrogen (secondary N) is 1. The summed E-state index contributed by atoms with van der Waals surface area (Å²) in [5.41, 5.74) is -1.95. The van der Waals surface area contributed by atoms with Crippen LogP contribution in [0.5, 0.6) is 0 Å².